The minimum Gasteiger partial charge on any atom is -0.464 e. The Morgan fingerprint density at radius 3 is 2.76 bits per heavy atom. The Labute approximate surface area is 152 Å². The fourth-order valence-electron chi connectivity index (χ4n) is 3.52. The molecule has 3 nitrogen and oxygen atoms in total. The van der Waals surface area contributed by atoms with E-state index in [1.54, 1.807) is 18.0 Å². The van der Waals surface area contributed by atoms with Crippen molar-refractivity contribution in [2.75, 3.05) is 12.3 Å². The second-order valence-corrected chi connectivity index (χ2v) is 7.70. The molecule has 0 aliphatic carbocycles. The molecule has 0 fully saturated rings. The van der Waals surface area contributed by atoms with Crippen LogP contribution in [0.4, 0.5) is 0 Å². The zero-order valence-electron chi connectivity index (χ0n) is 14.6. The molecule has 128 valence electrons. The predicted octanol–water partition coefficient (Wildman–Crippen LogP) is 5.03. The Morgan fingerprint density at radius 2 is 2.00 bits per heavy atom. The summed E-state index contributed by atoms with van der Waals surface area (Å²) >= 11 is 1.80. The number of aliphatic imine (C=N–C) groups is 1. The lowest BCUT2D eigenvalue weighted by Crippen LogP contribution is -2.27. The van der Waals surface area contributed by atoms with Crippen LogP contribution >= 0.6 is 11.8 Å². The third-order valence-electron chi connectivity index (χ3n) is 4.49. The molecule has 0 bridgehead atoms. The van der Waals surface area contributed by atoms with Crippen LogP contribution in [-0.4, -0.2) is 17.5 Å². The van der Waals surface area contributed by atoms with E-state index in [1.807, 2.05) is 6.07 Å². The van der Waals surface area contributed by atoms with E-state index in [0.29, 0.717) is 0 Å². The van der Waals surface area contributed by atoms with E-state index in [-0.39, 0.29) is 6.04 Å². The first kappa shape index (κ1) is 16.3. The van der Waals surface area contributed by atoms with Crippen molar-refractivity contribution in [3.63, 3.8) is 0 Å². The largest absolute Gasteiger partial charge is 0.464 e. The molecule has 1 aliphatic rings. The average molecular weight is 350 g/mol. The van der Waals surface area contributed by atoms with Gasteiger partial charge in [-0.3, -0.25) is 4.99 Å². The second kappa shape index (κ2) is 6.96. The molecule has 1 aliphatic heterocycles. The molecule has 1 N–H and O–H groups in total. The van der Waals surface area contributed by atoms with Gasteiger partial charge >= 0.3 is 0 Å². The van der Waals surface area contributed by atoms with Gasteiger partial charge in [-0.1, -0.05) is 59.3 Å². The average Bonchev–Trinajstić information content (AvgIpc) is 3.24. The zero-order chi connectivity index (χ0) is 17.2. The third kappa shape index (κ3) is 3.59. The van der Waals surface area contributed by atoms with Gasteiger partial charge in [0, 0.05) is 16.7 Å². The van der Waals surface area contributed by atoms with Crippen molar-refractivity contribution >= 4 is 27.9 Å². The Balaban J connectivity index is 1.72. The maximum absolute atomic E-state index is 5.79. The molecule has 4 rings (SSSR count). The van der Waals surface area contributed by atoms with Crippen molar-refractivity contribution in [2.45, 2.75) is 26.3 Å². The fraction of sp³-hybridized carbons (Fsp3) is 0.286. The molecule has 1 aromatic heterocycles. The Hall–Kier alpha value is -2.20. The van der Waals surface area contributed by atoms with Crippen molar-refractivity contribution < 1.29 is 4.42 Å². The molecule has 2 heterocycles. The van der Waals surface area contributed by atoms with Gasteiger partial charge < -0.3 is 9.73 Å². The van der Waals surface area contributed by atoms with Gasteiger partial charge in [-0.15, -0.1) is 0 Å². The van der Waals surface area contributed by atoms with Crippen LogP contribution in [0.25, 0.3) is 11.0 Å². The number of benzene rings is 2. The number of hydrogen-bond acceptors (Lipinski definition) is 4. The first-order chi connectivity index (χ1) is 12.2. The highest BCUT2D eigenvalue weighted by Gasteiger charge is 2.20. The molecule has 1 atom stereocenters. The van der Waals surface area contributed by atoms with E-state index < -0.39 is 0 Å². The molecule has 0 amide bonds. The van der Waals surface area contributed by atoms with Gasteiger partial charge in [-0.05, 0) is 31.9 Å². The summed E-state index contributed by atoms with van der Waals surface area (Å²) in [7, 11) is 0. The van der Waals surface area contributed by atoms with Crippen molar-refractivity contribution in [1.29, 1.82) is 0 Å². The maximum atomic E-state index is 5.79. The summed E-state index contributed by atoms with van der Waals surface area (Å²) < 4.78 is 5.79. The van der Waals surface area contributed by atoms with Crippen LogP contribution in [0.15, 0.2) is 58.1 Å². The van der Waals surface area contributed by atoms with Crippen LogP contribution in [0.1, 0.15) is 28.3 Å². The van der Waals surface area contributed by atoms with E-state index in [4.69, 9.17) is 4.42 Å². The monoisotopic (exact) mass is 350 g/mol. The fourth-order valence-corrected chi connectivity index (χ4v) is 4.31. The van der Waals surface area contributed by atoms with Crippen LogP contribution in [0, 0.1) is 13.8 Å². The van der Waals surface area contributed by atoms with Crippen molar-refractivity contribution in [3.8, 4) is 0 Å². The molecule has 0 radical (unpaired) electrons. The van der Waals surface area contributed by atoms with Gasteiger partial charge in [0.15, 0.2) is 5.17 Å². The number of rotatable bonds is 4. The van der Waals surface area contributed by atoms with Gasteiger partial charge in [0.05, 0.1) is 18.8 Å². The van der Waals surface area contributed by atoms with E-state index in [0.717, 1.165) is 34.9 Å². The second-order valence-electron chi connectivity index (χ2n) is 6.62. The molecular formula is C21H22N2OS. The van der Waals surface area contributed by atoms with E-state index >= 15 is 0 Å². The maximum Gasteiger partial charge on any atom is 0.157 e. The molecule has 25 heavy (non-hydrogen) atoms. The van der Waals surface area contributed by atoms with Gasteiger partial charge in [0.25, 0.3) is 0 Å². The number of amidine groups is 1. The van der Waals surface area contributed by atoms with Gasteiger partial charge in [-0.25, -0.2) is 0 Å². The quantitative estimate of drug-likeness (QED) is 0.717. The number of thioether (sulfide) groups is 1. The summed E-state index contributed by atoms with van der Waals surface area (Å²) in [5.41, 5.74) is 6.10. The summed E-state index contributed by atoms with van der Waals surface area (Å²) in [6, 6.07) is 15.3. The van der Waals surface area contributed by atoms with Crippen LogP contribution in [0.3, 0.4) is 0 Å². The van der Waals surface area contributed by atoms with Crippen molar-refractivity contribution in [1.82, 2.24) is 5.32 Å². The van der Waals surface area contributed by atoms with Crippen molar-refractivity contribution in [3.05, 3.63) is 71.0 Å². The molecule has 1 unspecified atom stereocenters. The number of fused-ring (bicyclic) bond motifs is 1. The summed E-state index contributed by atoms with van der Waals surface area (Å²) in [5.74, 6) is 1.06. The molecule has 3 aromatic rings. The van der Waals surface area contributed by atoms with Crippen LogP contribution in [0.5, 0.6) is 0 Å². The first-order valence-corrected chi connectivity index (χ1v) is 9.65. The highest BCUT2D eigenvalue weighted by Crippen LogP contribution is 2.29. The Kier molecular flexibility index (Phi) is 4.53. The Bertz CT molecular complexity index is 908. The van der Waals surface area contributed by atoms with Crippen LogP contribution < -0.4 is 5.32 Å². The van der Waals surface area contributed by atoms with Gasteiger partial charge in [0.1, 0.15) is 5.58 Å². The lowest BCUT2D eigenvalue weighted by atomic mass is 9.95. The van der Waals surface area contributed by atoms with Crippen LogP contribution in [-0.2, 0) is 6.42 Å². The Morgan fingerprint density at radius 1 is 1.16 bits per heavy atom. The highest BCUT2D eigenvalue weighted by molar-refractivity contribution is 8.14. The third-order valence-corrected chi connectivity index (χ3v) is 5.40. The standard InChI is InChI=1S/C21H22N2OS/c1-14-10-15(2)12-16(11-14)13-19(23-21-22-7-9-25-21)18-5-3-4-17-6-8-24-20(17)18/h3-6,8,10-12,19H,7,9,13H2,1-2H3,(H,22,23). The number of furan rings is 1. The number of aryl methyl sites for hydroxylation is 2. The number of nitrogens with one attached hydrogen (secondary N) is 1. The molecule has 2 aromatic carbocycles. The summed E-state index contributed by atoms with van der Waals surface area (Å²) in [4.78, 5) is 4.58. The number of nitrogens with zero attached hydrogens (tertiary/aromatic N) is 1. The molecule has 4 heteroatoms. The molecule has 0 saturated carbocycles. The summed E-state index contributed by atoms with van der Waals surface area (Å²) in [5, 5.41) is 5.84. The zero-order valence-corrected chi connectivity index (χ0v) is 15.4. The minimum atomic E-state index is 0.139. The molecular weight excluding hydrogens is 328 g/mol. The summed E-state index contributed by atoms with van der Waals surface area (Å²) in [6.07, 6.45) is 2.67. The van der Waals surface area contributed by atoms with Gasteiger partial charge in [-0.2, -0.15) is 0 Å². The lowest BCUT2D eigenvalue weighted by molar-refractivity contribution is 0.588. The minimum absolute atomic E-state index is 0.139. The predicted molar refractivity (Wildman–Crippen MR) is 106 cm³/mol. The van der Waals surface area contributed by atoms with Gasteiger partial charge in [0.2, 0.25) is 0 Å². The lowest BCUT2D eigenvalue weighted by Gasteiger charge is -2.21. The summed E-state index contributed by atoms with van der Waals surface area (Å²) in [6.45, 7) is 5.21. The van der Waals surface area contributed by atoms with Crippen LogP contribution in [0.2, 0.25) is 0 Å². The highest BCUT2D eigenvalue weighted by atomic mass is 32.2. The molecule has 0 saturated heterocycles. The first-order valence-electron chi connectivity index (χ1n) is 8.66. The van der Waals surface area contributed by atoms with E-state index in [9.17, 15) is 0 Å². The SMILES string of the molecule is Cc1cc(C)cc(CC(NC2=NCCS2)c2cccc3ccoc23)c1. The van der Waals surface area contributed by atoms with E-state index in [2.05, 4.69) is 60.6 Å². The molecule has 0 spiro atoms. The van der Waals surface area contributed by atoms with E-state index in [1.165, 1.54) is 22.3 Å². The van der Waals surface area contributed by atoms with Crippen molar-refractivity contribution in [2.24, 2.45) is 4.99 Å². The topological polar surface area (TPSA) is 37.5 Å². The normalized spacial score (nSPS) is 15.4. The smallest absolute Gasteiger partial charge is 0.157 e. The number of para-hydroxylation sites is 1. The number of hydrogen-bond donors (Lipinski definition) is 1.